The number of nitrogens with zero attached hydrogens (tertiary/aromatic N) is 1. The van der Waals surface area contributed by atoms with Crippen molar-refractivity contribution in [3.8, 4) is 5.75 Å². The first-order chi connectivity index (χ1) is 11.5. The molecule has 1 aliphatic rings. The van der Waals surface area contributed by atoms with Gasteiger partial charge in [-0.25, -0.2) is 0 Å². The van der Waals surface area contributed by atoms with Crippen LogP contribution in [-0.2, 0) is 9.53 Å². The number of amides is 2. The van der Waals surface area contributed by atoms with Crippen LogP contribution < -0.4 is 10.1 Å². The number of rotatable bonds is 6. The molecule has 2 amide bonds. The number of benzene rings is 1. The highest BCUT2D eigenvalue weighted by Crippen LogP contribution is 2.25. The lowest BCUT2D eigenvalue weighted by molar-refractivity contribution is -0.122. The third-order valence-electron chi connectivity index (χ3n) is 4.07. The normalized spacial score (nSPS) is 15.2. The van der Waals surface area contributed by atoms with E-state index in [9.17, 15) is 9.59 Å². The summed E-state index contributed by atoms with van der Waals surface area (Å²) in [5, 5.41) is 3.48. The predicted octanol–water partition coefficient (Wildman–Crippen LogP) is 2.11. The summed E-state index contributed by atoms with van der Waals surface area (Å²) < 4.78 is 10.1. The van der Waals surface area contributed by atoms with E-state index >= 15 is 0 Å². The fourth-order valence-corrected chi connectivity index (χ4v) is 2.91. The quantitative estimate of drug-likeness (QED) is 0.849. The second kappa shape index (κ2) is 8.89. The summed E-state index contributed by atoms with van der Waals surface area (Å²) in [6.07, 6.45) is 1.82. The van der Waals surface area contributed by atoms with Crippen LogP contribution >= 0.6 is 11.6 Å². The first-order valence-electron chi connectivity index (χ1n) is 7.96. The summed E-state index contributed by atoms with van der Waals surface area (Å²) in [6.45, 7) is 1.59. The van der Waals surface area contributed by atoms with Crippen molar-refractivity contribution >= 4 is 23.4 Å². The molecule has 1 heterocycles. The van der Waals surface area contributed by atoms with Crippen LogP contribution in [0.15, 0.2) is 18.2 Å². The molecule has 0 radical (unpaired) electrons. The Morgan fingerprint density at radius 3 is 2.62 bits per heavy atom. The monoisotopic (exact) mass is 354 g/mol. The number of methoxy groups -OCH3 is 2. The largest absolute Gasteiger partial charge is 0.496 e. The minimum Gasteiger partial charge on any atom is -0.496 e. The molecule has 0 aromatic heterocycles. The zero-order chi connectivity index (χ0) is 17.5. The molecule has 1 saturated heterocycles. The molecule has 1 aromatic rings. The van der Waals surface area contributed by atoms with E-state index in [0.717, 1.165) is 12.8 Å². The highest BCUT2D eigenvalue weighted by molar-refractivity contribution is 6.31. The Morgan fingerprint density at radius 2 is 2.00 bits per heavy atom. The maximum atomic E-state index is 12.7. The van der Waals surface area contributed by atoms with Crippen LogP contribution in [-0.4, -0.2) is 56.7 Å². The van der Waals surface area contributed by atoms with Gasteiger partial charge in [-0.3, -0.25) is 9.59 Å². The molecule has 0 bridgehead atoms. The lowest BCUT2D eigenvalue weighted by atomic mass is 10.0. The minimum atomic E-state index is -0.0986. The highest BCUT2D eigenvalue weighted by Gasteiger charge is 2.26. The molecule has 0 unspecified atom stereocenters. The first-order valence-corrected chi connectivity index (χ1v) is 8.34. The second-order valence-corrected chi connectivity index (χ2v) is 6.16. The molecule has 7 heteroatoms. The number of nitrogens with one attached hydrogen (secondary N) is 1. The van der Waals surface area contributed by atoms with Gasteiger partial charge in [-0.2, -0.15) is 0 Å². The van der Waals surface area contributed by atoms with Crippen molar-refractivity contribution in [3.63, 3.8) is 0 Å². The van der Waals surface area contributed by atoms with Gasteiger partial charge in [0.15, 0.2) is 0 Å². The van der Waals surface area contributed by atoms with Gasteiger partial charge in [-0.15, -0.1) is 0 Å². The summed E-state index contributed by atoms with van der Waals surface area (Å²) in [6, 6.07) is 5.11. The molecule has 1 N–H and O–H groups in total. The third-order valence-corrected chi connectivity index (χ3v) is 4.31. The van der Waals surface area contributed by atoms with Gasteiger partial charge >= 0.3 is 0 Å². The van der Waals surface area contributed by atoms with E-state index in [0.29, 0.717) is 42.5 Å². The summed E-state index contributed by atoms with van der Waals surface area (Å²) in [7, 11) is 3.10. The molecule has 132 valence electrons. The number of halogens is 1. The van der Waals surface area contributed by atoms with Crippen LogP contribution in [0.2, 0.25) is 5.02 Å². The molecule has 0 saturated carbocycles. The van der Waals surface area contributed by atoms with Gasteiger partial charge in [0.1, 0.15) is 5.75 Å². The van der Waals surface area contributed by atoms with Gasteiger partial charge in [-0.05, 0) is 31.0 Å². The zero-order valence-electron chi connectivity index (χ0n) is 14.0. The summed E-state index contributed by atoms with van der Waals surface area (Å²) >= 11 is 5.99. The fraction of sp³-hybridized carbons (Fsp3) is 0.529. The van der Waals surface area contributed by atoms with Crippen LogP contribution in [0.1, 0.15) is 29.6 Å². The van der Waals surface area contributed by atoms with Gasteiger partial charge in [0.25, 0.3) is 5.91 Å². The molecular weight excluding hydrogens is 332 g/mol. The van der Waals surface area contributed by atoms with E-state index in [1.165, 1.54) is 7.11 Å². The van der Waals surface area contributed by atoms with Crippen LogP contribution in [0.3, 0.4) is 0 Å². The lowest BCUT2D eigenvalue weighted by Gasteiger charge is -2.32. The molecule has 0 atom stereocenters. The number of hydrogen-bond acceptors (Lipinski definition) is 4. The first kappa shape index (κ1) is 18.5. The van der Waals surface area contributed by atoms with E-state index < -0.39 is 0 Å². The Balaban J connectivity index is 1.91. The molecule has 1 aliphatic heterocycles. The van der Waals surface area contributed by atoms with Crippen molar-refractivity contribution in [1.82, 2.24) is 10.2 Å². The average Bonchev–Trinajstić information content (AvgIpc) is 2.60. The van der Waals surface area contributed by atoms with Gasteiger partial charge in [0, 0.05) is 37.7 Å². The van der Waals surface area contributed by atoms with Crippen molar-refractivity contribution in [2.45, 2.75) is 25.3 Å². The maximum absolute atomic E-state index is 12.7. The van der Waals surface area contributed by atoms with Crippen LogP contribution in [0.5, 0.6) is 5.75 Å². The maximum Gasteiger partial charge on any atom is 0.257 e. The molecule has 2 rings (SSSR count). The number of carbonyl (C=O) groups excluding carboxylic acids is 2. The summed E-state index contributed by atoms with van der Waals surface area (Å²) in [5.74, 6) is 0.399. The van der Waals surface area contributed by atoms with Gasteiger partial charge < -0.3 is 19.7 Å². The Bertz CT molecular complexity index is 586. The SMILES string of the molecule is COCCC(=O)NC1CCN(C(=O)c2cc(Cl)ccc2OC)CC1. The van der Waals surface area contributed by atoms with E-state index in [4.69, 9.17) is 21.1 Å². The molecule has 0 aliphatic carbocycles. The Kier molecular flexibility index (Phi) is 6.87. The molecule has 24 heavy (non-hydrogen) atoms. The third kappa shape index (κ3) is 4.85. The topological polar surface area (TPSA) is 67.9 Å². The standard InChI is InChI=1S/C17H23ClN2O4/c1-23-10-7-16(21)19-13-5-8-20(9-6-13)17(22)14-11-12(18)3-4-15(14)24-2/h3-4,11,13H,5-10H2,1-2H3,(H,19,21). The Labute approximate surface area is 147 Å². The van der Waals surface area contributed by atoms with E-state index in [-0.39, 0.29) is 17.9 Å². The van der Waals surface area contributed by atoms with Crippen molar-refractivity contribution in [2.24, 2.45) is 0 Å². The average molecular weight is 355 g/mol. The molecule has 1 aromatic carbocycles. The van der Waals surface area contributed by atoms with E-state index in [1.54, 1.807) is 30.2 Å². The Morgan fingerprint density at radius 1 is 1.29 bits per heavy atom. The highest BCUT2D eigenvalue weighted by atomic mass is 35.5. The smallest absolute Gasteiger partial charge is 0.257 e. The summed E-state index contributed by atoms with van der Waals surface area (Å²) in [5.41, 5.74) is 0.465. The fourth-order valence-electron chi connectivity index (χ4n) is 2.74. The number of hydrogen-bond donors (Lipinski definition) is 1. The number of likely N-dealkylation sites (tertiary alicyclic amines) is 1. The van der Waals surface area contributed by atoms with Crippen molar-refractivity contribution in [3.05, 3.63) is 28.8 Å². The number of ether oxygens (including phenoxy) is 2. The molecule has 0 spiro atoms. The molecular formula is C17H23ClN2O4. The number of piperidine rings is 1. The van der Waals surface area contributed by atoms with Gasteiger partial charge in [-0.1, -0.05) is 11.6 Å². The van der Waals surface area contributed by atoms with Crippen molar-refractivity contribution in [2.75, 3.05) is 33.9 Å². The van der Waals surface area contributed by atoms with Gasteiger partial charge in [0.2, 0.25) is 5.91 Å². The van der Waals surface area contributed by atoms with E-state index in [2.05, 4.69) is 5.32 Å². The second-order valence-electron chi connectivity index (χ2n) is 5.72. The predicted molar refractivity (Wildman–Crippen MR) is 91.6 cm³/mol. The summed E-state index contributed by atoms with van der Waals surface area (Å²) in [4.78, 5) is 26.2. The van der Waals surface area contributed by atoms with Crippen molar-refractivity contribution < 1.29 is 19.1 Å². The van der Waals surface area contributed by atoms with Crippen molar-refractivity contribution in [1.29, 1.82) is 0 Å². The Hall–Kier alpha value is -1.79. The van der Waals surface area contributed by atoms with Gasteiger partial charge in [0.05, 0.1) is 19.3 Å². The van der Waals surface area contributed by atoms with Crippen LogP contribution in [0, 0.1) is 0 Å². The molecule has 1 fully saturated rings. The minimum absolute atomic E-state index is 0.0156. The molecule has 6 nitrogen and oxygen atoms in total. The lowest BCUT2D eigenvalue weighted by Crippen LogP contribution is -2.46. The zero-order valence-corrected chi connectivity index (χ0v) is 14.8. The van der Waals surface area contributed by atoms with Crippen LogP contribution in [0.4, 0.5) is 0 Å². The van der Waals surface area contributed by atoms with Crippen LogP contribution in [0.25, 0.3) is 0 Å². The van der Waals surface area contributed by atoms with E-state index in [1.807, 2.05) is 0 Å². The number of carbonyl (C=O) groups is 2.